The molecule has 0 radical (unpaired) electrons. The third kappa shape index (κ3) is 3.12. The highest BCUT2D eigenvalue weighted by atomic mass is 35.5. The molecule has 0 unspecified atom stereocenters. The molecule has 0 amide bonds. The van der Waals surface area contributed by atoms with Crippen molar-refractivity contribution in [3.63, 3.8) is 0 Å². The number of hydrogen-bond donors (Lipinski definition) is 0. The monoisotopic (exact) mass is 278 g/mol. The molecule has 0 aliphatic rings. The Morgan fingerprint density at radius 2 is 2.11 bits per heavy atom. The molecular weight excluding hydrogens is 267 g/mol. The van der Waals surface area contributed by atoms with Gasteiger partial charge in [0.05, 0.1) is 5.02 Å². The molecule has 0 spiro atoms. The molecule has 98 valence electrons. The first kappa shape index (κ1) is 13.6. The standard InChI is InChI=1S/C15H12ClFO2/c1-10-7-12(6-5-11(10)8-18)19-9-13-14(16)3-2-4-15(13)17/h2-8H,9H2,1H3. The number of rotatable bonds is 4. The summed E-state index contributed by atoms with van der Waals surface area (Å²) in [6.07, 6.45) is 0.785. The summed E-state index contributed by atoms with van der Waals surface area (Å²) in [4.78, 5) is 10.7. The molecule has 0 saturated heterocycles. The van der Waals surface area contributed by atoms with Crippen molar-refractivity contribution >= 4 is 17.9 Å². The van der Waals surface area contributed by atoms with Gasteiger partial charge >= 0.3 is 0 Å². The van der Waals surface area contributed by atoms with Gasteiger partial charge in [-0.05, 0) is 42.8 Å². The number of aldehydes is 1. The van der Waals surface area contributed by atoms with Gasteiger partial charge in [-0.25, -0.2) is 4.39 Å². The van der Waals surface area contributed by atoms with Gasteiger partial charge in [-0.2, -0.15) is 0 Å². The molecule has 0 bridgehead atoms. The van der Waals surface area contributed by atoms with Crippen LogP contribution in [0.15, 0.2) is 36.4 Å². The van der Waals surface area contributed by atoms with E-state index >= 15 is 0 Å². The fourth-order valence-electron chi connectivity index (χ4n) is 1.70. The molecule has 0 aliphatic heterocycles. The van der Waals surface area contributed by atoms with Crippen LogP contribution in [-0.4, -0.2) is 6.29 Å². The number of benzene rings is 2. The zero-order valence-corrected chi connectivity index (χ0v) is 11.1. The third-order valence-electron chi connectivity index (χ3n) is 2.81. The second kappa shape index (κ2) is 5.85. The molecular formula is C15H12ClFO2. The highest BCUT2D eigenvalue weighted by Crippen LogP contribution is 2.22. The van der Waals surface area contributed by atoms with Crippen molar-refractivity contribution in [1.29, 1.82) is 0 Å². The Morgan fingerprint density at radius 1 is 1.32 bits per heavy atom. The maximum Gasteiger partial charge on any atom is 0.150 e. The second-order valence-electron chi connectivity index (χ2n) is 4.13. The van der Waals surface area contributed by atoms with E-state index in [2.05, 4.69) is 0 Å². The highest BCUT2D eigenvalue weighted by molar-refractivity contribution is 6.31. The molecule has 2 aromatic carbocycles. The lowest BCUT2D eigenvalue weighted by Crippen LogP contribution is -2.00. The van der Waals surface area contributed by atoms with Crippen molar-refractivity contribution in [2.45, 2.75) is 13.5 Å². The summed E-state index contributed by atoms with van der Waals surface area (Å²) in [5.41, 5.74) is 1.74. The van der Waals surface area contributed by atoms with E-state index in [0.717, 1.165) is 11.8 Å². The molecule has 0 saturated carbocycles. The van der Waals surface area contributed by atoms with Gasteiger partial charge in [0.15, 0.2) is 0 Å². The van der Waals surface area contributed by atoms with E-state index in [0.29, 0.717) is 21.9 Å². The Balaban J connectivity index is 2.15. The van der Waals surface area contributed by atoms with Gasteiger partial charge < -0.3 is 4.74 Å². The van der Waals surface area contributed by atoms with Crippen LogP contribution in [0.25, 0.3) is 0 Å². The zero-order valence-electron chi connectivity index (χ0n) is 10.3. The van der Waals surface area contributed by atoms with Crippen molar-refractivity contribution in [2.24, 2.45) is 0 Å². The Kier molecular flexibility index (Phi) is 4.17. The summed E-state index contributed by atoms with van der Waals surface area (Å²) in [5.74, 6) is 0.177. The van der Waals surface area contributed by atoms with Crippen LogP contribution >= 0.6 is 11.6 Å². The van der Waals surface area contributed by atoms with Crippen LogP contribution in [-0.2, 0) is 6.61 Å². The van der Waals surface area contributed by atoms with Gasteiger partial charge in [-0.3, -0.25) is 4.79 Å². The lowest BCUT2D eigenvalue weighted by molar-refractivity contribution is 0.112. The predicted octanol–water partition coefficient (Wildman–Crippen LogP) is 4.18. The van der Waals surface area contributed by atoms with E-state index in [9.17, 15) is 9.18 Å². The normalized spacial score (nSPS) is 10.3. The van der Waals surface area contributed by atoms with E-state index in [1.165, 1.54) is 6.07 Å². The van der Waals surface area contributed by atoms with E-state index in [-0.39, 0.29) is 6.61 Å². The first-order chi connectivity index (χ1) is 9.11. The lowest BCUT2D eigenvalue weighted by Gasteiger charge is -2.10. The second-order valence-corrected chi connectivity index (χ2v) is 4.53. The summed E-state index contributed by atoms with van der Waals surface area (Å²) in [6.45, 7) is 1.86. The van der Waals surface area contributed by atoms with Crippen molar-refractivity contribution in [3.05, 3.63) is 63.9 Å². The van der Waals surface area contributed by atoms with Gasteiger partial charge in [-0.15, -0.1) is 0 Å². The van der Waals surface area contributed by atoms with E-state index < -0.39 is 5.82 Å². The predicted molar refractivity (Wildman–Crippen MR) is 72.3 cm³/mol. The number of carbonyl (C=O) groups excluding carboxylic acids is 1. The molecule has 0 aromatic heterocycles. The topological polar surface area (TPSA) is 26.3 Å². The molecule has 2 aromatic rings. The average Bonchev–Trinajstić information content (AvgIpc) is 2.38. The molecule has 0 heterocycles. The van der Waals surface area contributed by atoms with Crippen LogP contribution in [0.1, 0.15) is 21.5 Å². The van der Waals surface area contributed by atoms with E-state index in [1.54, 1.807) is 30.3 Å². The fraction of sp³-hybridized carbons (Fsp3) is 0.133. The highest BCUT2D eigenvalue weighted by Gasteiger charge is 2.08. The van der Waals surface area contributed by atoms with Crippen LogP contribution in [0.2, 0.25) is 5.02 Å². The molecule has 19 heavy (non-hydrogen) atoms. The molecule has 2 rings (SSSR count). The van der Waals surface area contributed by atoms with Crippen LogP contribution in [0.4, 0.5) is 4.39 Å². The quantitative estimate of drug-likeness (QED) is 0.784. The van der Waals surface area contributed by atoms with Crippen LogP contribution in [0, 0.1) is 12.7 Å². The van der Waals surface area contributed by atoms with Crippen LogP contribution in [0.5, 0.6) is 5.75 Å². The van der Waals surface area contributed by atoms with Crippen LogP contribution < -0.4 is 4.74 Å². The number of ether oxygens (including phenoxy) is 1. The maximum absolute atomic E-state index is 13.5. The number of carbonyl (C=O) groups is 1. The summed E-state index contributed by atoms with van der Waals surface area (Å²) in [6, 6.07) is 9.57. The summed E-state index contributed by atoms with van der Waals surface area (Å²) in [5, 5.41) is 0.334. The maximum atomic E-state index is 13.5. The van der Waals surface area contributed by atoms with E-state index in [1.807, 2.05) is 6.92 Å². The van der Waals surface area contributed by atoms with Gasteiger partial charge in [0, 0.05) is 11.1 Å². The Hall–Kier alpha value is -1.87. The SMILES string of the molecule is Cc1cc(OCc2c(F)cccc2Cl)ccc1C=O. The molecule has 4 heteroatoms. The molecule has 0 fully saturated rings. The Labute approximate surface area is 115 Å². The summed E-state index contributed by atoms with van der Waals surface area (Å²) < 4.78 is 19.0. The minimum Gasteiger partial charge on any atom is -0.489 e. The van der Waals surface area contributed by atoms with Crippen molar-refractivity contribution in [1.82, 2.24) is 0 Å². The smallest absolute Gasteiger partial charge is 0.150 e. The van der Waals surface area contributed by atoms with Gasteiger partial charge in [0.2, 0.25) is 0 Å². The number of halogens is 2. The zero-order chi connectivity index (χ0) is 13.8. The van der Waals surface area contributed by atoms with Crippen LogP contribution in [0.3, 0.4) is 0 Å². The minimum atomic E-state index is -0.395. The Morgan fingerprint density at radius 3 is 2.74 bits per heavy atom. The first-order valence-electron chi connectivity index (χ1n) is 5.73. The van der Waals surface area contributed by atoms with Gasteiger partial charge in [0.25, 0.3) is 0 Å². The first-order valence-corrected chi connectivity index (χ1v) is 6.11. The van der Waals surface area contributed by atoms with Crippen molar-refractivity contribution < 1.29 is 13.9 Å². The number of hydrogen-bond acceptors (Lipinski definition) is 2. The van der Waals surface area contributed by atoms with E-state index in [4.69, 9.17) is 16.3 Å². The summed E-state index contributed by atoms with van der Waals surface area (Å²) in [7, 11) is 0. The molecule has 0 N–H and O–H groups in total. The Bertz CT molecular complexity index is 591. The lowest BCUT2D eigenvalue weighted by atomic mass is 10.1. The van der Waals surface area contributed by atoms with Crippen molar-refractivity contribution in [2.75, 3.05) is 0 Å². The van der Waals surface area contributed by atoms with Gasteiger partial charge in [-0.1, -0.05) is 17.7 Å². The van der Waals surface area contributed by atoms with Crippen molar-refractivity contribution in [3.8, 4) is 5.75 Å². The largest absolute Gasteiger partial charge is 0.489 e. The fourth-order valence-corrected chi connectivity index (χ4v) is 1.91. The average molecular weight is 279 g/mol. The van der Waals surface area contributed by atoms with Gasteiger partial charge in [0.1, 0.15) is 24.5 Å². The molecule has 0 aliphatic carbocycles. The minimum absolute atomic E-state index is 0.0470. The third-order valence-corrected chi connectivity index (χ3v) is 3.17. The molecule has 0 atom stereocenters. The molecule has 2 nitrogen and oxygen atoms in total. The number of aryl methyl sites for hydroxylation is 1. The summed E-state index contributed by atoms with van der Waals surface area (Å²) >= 11 is 5.91.